The highest BCUT2D eigenvalue weighted by molar-refractivity contribution is 7.89. The molecule has 2 aromatic carbocycles. The van der Waals surface area contributed by atoms with Gasteiger partial charge in [-0.3, -0.25) is 0 Å². The van der Waals surface area contributed by atoms with Crippen LogP contribution in [0.1, 0.15) is 60.7 Å². The molecule has 0 aliphatic rings. The number of hydrogen-bond acceptors (Lipinski definition) is 7. The molecule has 0 saturated carbocycles. The predicted octanol–water partition coefficient (Wildman–Crippen LogP) is 4.28. The molecule has 0 spiro atoms. The van der Waals surface area contributed by atoms with Crippen molar-refractivity contribution in [1.29, 1.82) is 0 Å². The summed E-state index contributed by atoms with van der Waals surface area (Å²) in [6.45, 7) is 9.28. The third-order valence-corrected chi connectivity index (χ3v) is 6.96. The Kier molecular flexibility index (Phi) is 7.48. The molecule has 34 heavy (non-hydrogen) atoms. The number of benzene rings is 2. The number of carbonyl (C=O) groups is 1. The van der Waals surface area contributed by atoms with Crippen molar-refractivity contribution in [2.75, 3.05) is 7.11 Å². The van der Waals surface area contributed by atoms with Crippen molar-refractivity contribution < 1.29 is 27.1 Å². The Balaban J connectivity index is 1.94. The fraction of sp³-hybridized carbons (Fsp3) is 0.360. The van der Waals surface area contributed by atoms with Gasteiger partial charge in [-0.1, -0.05) is 13.8 Å². The van der Waals surface area contributed by atoms with E-state index in [0.717, 1.165) is 11.1 Å². The van der Waals surface area contributed by atoms with Gasteiger partial charge in [0.05, 0.1) is 12.7 Å². The number of aryl methyl sites for hydroxylation is 1. The summed E-state index contributed by atoms with van der Waals surface area (Å²) in [5.41, 5.74) is 2.50. The molecule has 0 amide bonds. The van der Waals surface area contributed by atoms with Gasteiger partial charge in [0.15, 0.2) is 0 Å². The van der Waals surface area contributed by atoms with Crippen LogP contribution in [0.4, 0.5) is 0 Å². The van der Waals surface area contributed by atoms with E-state index in [2.05, 4.69) is 18.6 Å². The first-order valence-electron chi connectivity index (χ1n) is 10.9. The molecule has 0 aliphatic heterocycles. The van der Waals surface area contributed by atoms with E-state index in [9.17, 15) is 18.0 Å². The van der Waals surface area contributed by atoms with Crippen LogP contribution in [0.15, 0.2) is 50.5 Å². The van der Waals surface area contributed by atoms with Crippen LogP contribution in [0, 0.1) is 6.92 Å². The second-order valence-electron chi connectivity index (χ2n) is 8.67. The smallest absolute Gasteiger partial charge is 0.338 e. The summed E-state index contributed by atoms with van der Waals surface area (Å²) < 4.78 is 43.8. The Morgan fingerprint density at radius 2 is 1.79 bits per heavy atom. The van der Waals surface area contributed by atoms with Crippen molar-refractivity contribution in [3.8, 4) is 5.75 Å². The van der Waals surface area contributed by atoms with E-state index < -0.39 is 21.6 Å². The first-order valence-corrected chi connectivity index (χ1v) is 12.4. The van der Waals surface area contributed by atoms with Gasteiger partial charge < -0.3 is 13.9 Å². The normalized spacial score (nSPS) is 11.9. The standard InChI is InChI=1S/C25H29NO7S/c1-14(2)19-12-20-18(11-24(27)33-22(20)9-16(19)5)13-32-25(28)17-7-8-21(31-6)23(10-17)34(29,30)26-15(3)4/h7-12,14-15,26H,13H2,1-6H3. The van der Waals surface area contributed by atoms with Gasteiger partial charge in [0.1, 0.15) is 22.8 Å². The van der Waals surface area contributed by atoms with Crippen LogP contribution < -0.4 is 15.1 Å². The molecule has 1 N–H and O–H groups in total. The van der Waals surface area contributed by atoms with Crippen molar-refractivity contribution in [3.05, 3.63) is 69.1 Å². The van der Waals surface area contributed by atoms with Gasteiger partial charge in [-0.05, 0) is 68.1 Å². The fourth-order valence-electron chi connectivity index (χ4n) is 3.75. The maximum atomic E-state index is 12.8. The van der Waals surface area contributed by atoms with E-state index in [4.69, 9.17) is 13.9 Å². The molecule has 0 radical (unpaired) electrons. The highest BCUT2D eigenvalue weighted by Crippen LogP contribution is 2.28. The number of nitrogens with one attached hydrogen (secondary N) is 1. The number of carbonyl (C=O) groups excluding carboxylic acids is 1. The second-order valence-corrected chi connectivity index (χ2v) is 10.4. The summed E-state index contributed by atoms with van der Waals surface area (Å²) in [4.78, 5) is 24.7. The lowest BCUT2D eigenvalue weighted by Crippen LogP contribution is -2.30. The van der Waals surface area contributed by atoms with Crippen molar-refractivity contribution in [1.82, 2.24) is 4.72 Å². The molecule has 0 aliphatic carbocycles. The minimum Gasteiger partial charge on any atom is -0.495 e. The van der Waals surface area contributed by atoms with Crippen LogP contribution in [-0.4, -0.2) is 27.5 Å². The van der Waals surface area contributed by atoms with Crippen LogP contribution in [-0.2, 0) is 21.4 Å². The molecule has 1 heterocycles. The summed E-state index contributed by atoms with van der Waals surface area (Å²) in [7, 11) is -2.57. The van der Waals surface area contributed by atoms with Crippen LogP contribution in [0.5, 0.6) is 5.75 Å². The maximum Gasteiger partial charge on any atom is 0.338 e. The summed E-state index contributed by atoms with van der Waals surface area (Å²) >= 11 is 0. The van der Waals surface area contributed by atoms with Crippen molar-refractivity contribution in [2.24, 2.45) is 0 Å². The van der Waals surface area contributed by atoms with Crippen LogP contribution in [0.2, 0.25) is 0 Å². The minimum absolute atomic E-state index is 0.0379. The number of ether oxygens (including phenoxy) is 2. The Hall–Kier alpha value is -3.17. The van der Waals surface area contributed by atoms with E-state index in [1.165, 1.54) is 31.4 Å². The average molecular weight is 488 g/mol. The number of fused-ring (bicyclic) bond motifs is 1. The molecule has 3 aromatic rings. The Labute approximate surface area is 198 Å². The number of methoxy groups -OCH3 is 1. The monoisotopic (exact) mass is 487 g/mol. The third kappa shape index (κ3) is 5.48. The zero-order chi connectivity index (χ0) is 25.2. The predicted molar refractivity (Wildman–Crippen MR) is 129 cm³/mol. The Bertz CT molecular complexity index is 1390. The van der Waals surface area contributed by atoms with Crippen molar-refractivity contribution in [3.63, 3.8) is 0 Å². The van der Waals surface area contributed by atoms with Gasteiger partial charge in [-0.25, -0.2) is 22.7 Å². The van der Waals surface area contributed by atoms with Crippen LogP contribution in [0.3, 0.4) is 0 Å². The van der Waals surface area contributed by atoms with Gasteiger partial charge in [0.25, 0.3) is 0 Å². The zero-order valence-corrected chi connectivity index (χ0v) is 20.9. The fourth-order valence-corrected chi connectivity index (χ4v) is 5.19. The molecular formula is C25H29NO7S. The highest BCUT2D eigenvalue weighted by Gasteiger charge is 2.23. The lowest BCUT2D eigenvalue weighted by atomic mass is 9.95. The van der Waals surface area contributed by atoms with E-state index in [1.54, 1.807) is 19.9 Å². The maximum absolute atomic E-state index is 12.8. The summed E-state index contributed by atoms with van der Waals surface area (Å²) in [5.74, 6) is -0.375. The summed E-state index contributed by atoms with van der Waals surface area (Å²) in [6, 6.07) is 8.73. The number of sulfonamides is 1. The van der Waals surface area contributed by atoms with E-state index >= 15 is 0 Å². The van der Waals surface area contributed by atoms with E-state index in [-0.39, 0.29) is 34.8 Å². The second kappa shape index (κ2) is 9.99. The van der Waals surface area contributed by atoms with Gasteiger partial charge in [-0.15, -0.1) is 0 Å². The number of esters is 1. The van der Waals surface area contributed by atoms with Gasteiger partial charge >= 0.3 is 11.6 Å². The minimum atomic E-state index is -3.91. The molecule has 9 heteroatoms. The first-order chi connectivity index (χ1) is 15.9. The number of hydrogen-bond donors (Lipinski definition) is 1. The molecule has 1 aromatic heterocycles. The number of rotatable bonds is 8. The van der Waals surface area contributed by atoms with E-state index in [1.807, 2.05) is 13.0 Å². The first kappa shape index (κ1) is 25.5. The topological polar surface area (TPSA) is 112 Å². The largest absolute Gasteiger partial charge is 0.495 e. The highest BCUT2D eigenvalue weighted by atomic mass is 32.2. The summed E-state index contributed by atoms with van der Waals surface area (Å²) in [6.07, 6.45) is 0. The zero-order valence-electron chi connectivity index (χ0n) is 20.1. The molecule has 3 rings (SSSR count). The SMILES string of the molecule is COc1ccc(C(=O)OCc2cc(=O)oc3cc(C)c(C(C)C)cc23)cc1S(=O)(=O)NC(C)C. The molecule has 8 nitrogen and oxygen atoms in total. The quantitative estimate of drug-likeness (QED) is 0.373. The van der Waals surface area contributed by atoms with Crippen molar-refractivity contribution >= 4 is 27.0 Å². The molecule has 0 bridgehead atoms. The Morgan fingerprint density at radius 1 is 1.09 bits per heavy atom. The third-order valence-electron chi connectivity index (χ3n) is 5.28. The molecule has 182 valence electrons. The Morgan fingerprint density at radius 3 is 2.41 bits per heavy atom. The van der Waals surface area contributed by atoms with E-state index in [0.29, 0.717) is 16.5 Å². The van der Waals surface area contributed by atoms with Crippen LogP contribution in [0.25, 0.3) is 11.0 Å². The molecule has 0 fully saturated rings. The molecule has 0 unspecified atom stereocenters. The lowest BCUT2D eigenvalue weighted by Gasteiger charge is -2.15. The van der Waals surface area contributed by atoms with Gasteiger partial charge in [-0.2, -0.15) is 0 Å². The van der Waals surface area contributed by atoms with Crippen LogP contribution >= 0.6 is 0 Å². The lowest BCUT2D eigenvalue weighted by molar-refractivity contribution is 0.0473. The average Bonchev–Trinajstić information content (AvgIpc) is 2.75. The summed E-state index contributed by atoms with van der Waals surface area (Å²) in [5, 5.41) is 0.681. The molecule has 0 atom stereocenters. The van der Waals surface area contributed by atoms with Gasteiger partial charge in [0, 0.05) is 23.1 Å². The molecular weight excluding hydrogens is 458 g/mol. The van der Waals surface area contributed by atoms with Crippen molar-refractivity contribution in [2.45, 2.75) is 58.1 Å². The molecule has 0 saturated heterocycles. The van der Waals surface area contributed by atoms with Gasteiger partial charge in [0.2, 0.25) is 10.0 Å².